The highest BCUT2D eigenvalue weighted by Crippen LogP contribution is 2.39. The van der Waals surface area contributed by atoms with Gasteiger partial charge in [0.2, 0.25) is 0 Å². The third kappa shape index (κ3) is 9.91. The number of carbonyl (C=O) groups excluding carboxylic acids is 2. The number of amides is 1. The maximum absolute atomic E-state index is 12.9. The van der Waals surface area contributed by atoms with Gasteiger partial charge in [-0.3, -0.25) is 9.59 Å². The molecule has 0 saturated heterocycles. The molecule has 0 unspecified atom stereocenters. The molecule has 0 fully saturated rings. The van der Waals surface area contributed by atoms with Gasteiger partial charge in [0.15, 0.2) is 5.12 Å². The Morgan fingerprint density at radius 3 is 2.31 bits per heavy atom. The van der Waals surface area contributed by atoms with E-state index in [2.05, 4.69) is 5.32 Å². The van der Waals surface area contributed by atoms with Crippen molar-refractivity contribution >= 4 is 31.4 Å². The van der Waals surface area contributed by atoms with E-state index in [1.807, 2.05) is 13.8 Å². The Kier molecular flexibility index (Phi) is 11.7. The van der Waals surface area contributed by atoms with Crippen molar-refractivity contribution in [3.05, 3.63) is 29.3 Å². The van der Waals surface area contributed by atoms with Crippen LogP contribution in [0.15, 0.2) is 23.1 Å². The van der Waals surface area contributed by atoms with Crippen LogP contribution in [0.5, 0.6) is 0 Å². The smallest absolute Gasteiger partial charge is 0.352 e. The summed E-state index contributed by atoms with van der Waals surface area (Å²) >= 11 is 0.598. The Hall–Kier alpha value is -1.19. The zero-order chi connectivity index (χ0) is 21.9. The Morgan fingerprint density at radius 1 is 1.10 bits per heavy atom. The van der Waals surface area contributed by atoms with Crippen molar-refractivity contribution in [1.29, 1.82) is 0 Å². The van der Waals surface area contributed by atoms with Crippen molar-refractivity contribution in [2.75, 3.05) is 26.4 Å². The summed E-state index contributed by atoms with van der Waals surface area (Å²) in [6.07, 6.45) is -3.31. The van der Waals surface area contributed by atoms with Crippen LogP contribution >= 0.6 is 20.4 Å². The van der Waals surface area contributed by atoms with Gasteiger partial charge >= 0.3 is 14.8 Å². The van der Waals surface area contributed by atoms with Gasteiger partial charge < -0.3 is 18.9 Å². The predicted molar refractivity (Wildman–Crippen MR) is 106 cm³/mol. The van der Waals surface area contributed by atoms with E-state index in [0.29, 0.717) is 51.0 Å². The van der Waals surface area contributed by atoms with Gasteiger partial charge in [-0.25, -0.2) is 0 Å². The number of hydrogen-bond acceptors (Lipinski definition) is 6. The molecule has 0 aromatic heterocycles. The largest absolute Gasteiger partial charge is 0.416 e. The van der Waals surface area contributed by atoms with Gasteiger partial charge in [-0.1, -0.05) is 11.8 Å². The van der Waals surface area contributed by atoms with Crippen molar-refractivity contribution in [2.24, 2.45) is 0 Å². The van der Waals surface area contributed by atoms with Crippen LogP contribution in [0.2, 0.25) is 0 Å². The minimum absolute atomic E-state index is 0.0211. The van der Waals surface area contributed by atoms with Crippen LogP contribution in [0.3, 0.4) is 0 Å². The lowest BCUT2D eigenvalue weighted by molar-refractivity contribution is -0.137. The van der Waals surface area contributed by atoms with Crippen molar-refractivity contribution < 1.29 is 36.3 Å². The van der Waals surface area contributed by atoms with Crippen molar-refractivity contribution in [2.45, 2.75) is 44.7 Å². The van der Waals surface area contributed by atoms with E-state index in [0.717, 1.165) is 18.2 Å². The van der Waals surface area contributed by atoms with Crippen molar-refractivity contribution in [1.82, 2.24) is 5.32 Å². The summed E-state index contributed by atoms with van der Waals surface area (Å²) in [4.78, 5) is 23.7. The van der Waals surface area contributed by atoms with Gasteiger partial charge in [0.1, 0.15) is 0 Å². The Bertz CT molecular complexity index is 669. The maximum Gasteiger partial charge on any atom is 0.416 e. The fourth-order valence-corrected chi connectivity index (χ4v) is 3.80. The van der Waals surface area contributed by atoms with Crippen LogP contribution in [0.1, 0.15) is 49.5 Å². The molecule has 11 heteroatoms. The first-order chi connectivity index (χ1) is 13.7. The molecule has 0 saturated carbocycles. The van der Waals surface area contributed by atoms with Gasteiger partial charge in [-0.15, -0.1) is 0 Å². The summed E-state index contributed by atoms with van der Waals surface area (Å²) < 4.78 is 54.8. The second-order valence-corrected chi connectivity index (χ2v) is 8.10. The molecular weight excluding hydrogens is 430 g/mol. The first kappa shape index (κ1) is 25.8. The lowest BCUT2D eigenvalue weighted by Crippen LogP contribution is -2.25. The first-order valence-electron chi connectivity index (χ1n) is 9.05. The molecule has 0 aliphatic carbocycles. The quantitative estimate of drug-likeness (QED) is 0.266. The van der Waals surface area contributed by atoms with Gasteiger partial charge in [0.05, 0.1) is 30.9 Å². The average molecular weight is 455 g/mol. The van der Waals surface area contributed by atoms with Gasteiger partial charge in [-0.05, 0) is 44.9 Å². The zero-order valence-electron chi connectivity index (χ0n) is 16.5. The Balaban J connectivity index is 2.56. The summed E-state index contributed by atoms with van der Waals surface area (Å²) in [5, 5.41) is 2.24. The van der Waals surface area contributed by atoms with Gasteiger partial charge in [0.25, 0.3) is 5.91 Å². The molecule has 1 aromatic rings. The molecule has 6 nitrogen and oxygen atoms in total. The fourth-order valence-electron chi connectivity index (χ4n) is 2.11. The number of alkyl halides is 3. The van der Waals surface area contributed by atoms with Crippen molar-refractivity contribution in [3.8, 4) is 0 Å². The summed E-state index contributed by atoms with van der Waals surface area (Å²) in [6.45, 7) is 6.58. The second-order valence-electron chi connectivity index (χ2n) is 5.66. The number of carbonyl (C=O) groups is 2. The highest BCUT2D eigenvalue weighted by molar-refractivity contribution is 8.13. The average Bonchev–Trinajstić information content (AvgIpc) is 2.63. The molecule has 0 atom stereocenters. The van der Waals surface area contributed by atoms with E-state index in [9.17, 15) is 22.8 Å². The van der Waals surface area contributed by atoms with Crippen LogP contribution in [-0.2, 0) is 24.5 Å². The number of hydrogen-bond donors (Lipinski definition) is 1. The van der Waals surface area contributed by atoms with Crippen LogP contribution < -0.4 is 5.32 Å². The third-order valence-electron chi connectivity index (χ3n) is 3.33. The second kappa shape index (κ2) is 13.2. The summed E-state index contributed by atoms with van der Waals surface area (Å²) in [5.41, 5.74) is -0.874. The maximum atomic E-state index is 12.9. The summed E-state index contributed by atoms with van der Waals surface area (Å²) in [6, 6.07) is 2.74. The lowest BCUT2D eigenvalue weighted by atomic mass is 10.1. The molecule has 0 spiro atoms. The SMILES string of the molecule is CCOP(OCC)OCCCCNC(=O)c1ccc(C(F)(F)F)cc1SC(C)=O. The highest BCUT2D eigenvalue weighted by atomic mass is 32.2. The normalized spacial score (nSPS) is 11.7. The standard InChI is InChI=1S/C18H25F3NO5PS/c1-4-25-28(26-5-2)27-11-7-6-10-22-17(24)15-9-8-14(18(19,20)21)12-16(15)29-13(3)23/h8-9,12H,4-7,10-11H2,1-3H3,(H,22,24). The first-order valence-corrected chi connectivity index (χ1v) is 11.0. The van der Waals surface area contributed by atoms with Crippen LogP contribution in [-0.4, -0.2) is 37.4 Å². The Labute approximate surface area is 173 Å². The Morgan fingerprint density at radius 2 is 1.76 bits per heavy atom. The number of nitrogens with one attached hydrogen (secondary N) is 1. The molecule has 1 N–H and O–H groups in total. The van der Waals surface area contributed by atoms with E-state index in [1.54, 1.807) is 0 Å². The predicted octanol–water partition coefficient (Wildman–Crippen LogP) is 5.17. The van der Waals surface area contributed by atoms with Crippen molar-refractivity contribution in [3.63, 3.8) is 0 Å². The number of thioether (sulfide) groups is 1. The molecule has 0 aliphatic rings. The van der Waals surface area contributed by atoms with E-state index in [4.69, 9.17) is 13.6 Å². The number of rotatable bonds is 12. The molecule has 29 heavy (non-hydrogen) atoms. The minimum atomic E-state index is -4.55. The van der Waals surface area contributed by atoms with Gasteiger partial charge in [-0.2, -0.15) is 13.2 Å². The van der Waals surface area contributed by atoms with E-state index < -0.39 is 31.4 Å². The van der Waals surface area contributed by atoms with Crippen LogP contribution in [0.25, 0.3) is 0 Å². The van der Waals surface area contributed by atoms with Crippen LogP contribution in [0, 0.1) is 0 Å². The third-order valence-corrected chi connectivity index (χ3v) is 5.51. The lowest BCUT2D eigenvalue weighted by Gasteiger charge is -2.15. The van der Waals surface area contributed by atoms with E-state index in [-0.39, 0.29) is 10.5 Å². The molecule has 1 aromatic carbocycles. The van der Waals surface area contributed by atoms with E-state index in [1.165, 1.54) is 6.92 Å². The zero-order valence-corrected chi connectivity index (χ0v) is 18.2. The molecule has 0 heterocycles. The highest BCUT2D eigenvalue weighted by Gasteiger charge is 2.31. The fraction of sp³-hybridized carbons (Fsp3) is 0.556. The van der Waals surface area contributed by atoms with E-state index >= 15 is 0 Å². The molecule has 0 aliphatic heterocycles. The molecule has 1 rings (SSSR count). The minimum Gasteiger partial charge on any atom is -0.352 e. The summed E-state index contributed by atoms with van der Waals surface area (Å²) in [5.74, 6) is -0.533. The van der Waals surface area contributed by atoms with Crippen LogP contribution in [0.4, 0.5) is 13.2 Å². The molecular formula is C18H25F3NO5PS. The summed E-state index contributed by atoms with van der Waals surface area (Å²) in [7, 11) is -1.37. The monoisotopic (exact) mass is 455 g/mol. The molecule has 1 amide bonds. The molecule has 0 bridgehead atoms. The number of benzene rings is 1. The van der Waals surface area contributed by atoms with Gasteiger partial charge in [0, 0.05) is 18.4 Å². The number of unbranched alkanes of at least 4 members (excludes halogenated alkanes) is 1. The molecule has 0 radical (unpaired) electrons. The number of halogens is 3. The topological polar surface area (TPSA) is 73.9 Å². The molecule has 164 valence electrons.